The summed E-state index contributed by atoms with van der Waals surface area (Å²) in [4.78, 5) is 42.7. The summed E-state index contributed by atoms with van der Waals surface area (Å²) < 4.78 is 29.8. The van der Waals surface area contributed by atoms with Gasteiger partial charge >= 0.3 is 18.2 Å². The van der Waals surface area contributed by atoms with Gasteiger partial charge in [-0.05, 0) is 62.3 Å². The number of nitrogens with one attached hydrogen (secondary N) is 1. The third-order valence-electron chi connectivity index (χ3n) is 4.73. The Kier molecular flexibility index (Phi) is 8.64. The Balaban J connectivity index is 2.28. The number of rotatable bonds is 6. The largest absolute Gasteiger partial charge is 0.444 e. The van der Waals surface area contributed by atoms with Crippen molar-refractivity contribution in [3.63, 3.8) is 0 Å². The van der Waals surface area contributed by atoms with Crippen LogP contribution >= 0.6 is 0 Å². The van der Waals surface area contributed by atoms with E-state index in [1.165, 1.54) is 43.3 Å². The lowest BCUT2D eigenvalue weighted by Gasteiger charge is -2.37. The summed E-state index contributed by atoms with van der Waals surface area (Å²) in [6, 6.07) is 4.83. The monoisotopic (exact) mass is 491 g/mol. The minimum absolute atomic E-state index is 0.113. The number of anilines is 1. The topological polar surface area (TPSA) is 107 Å². The number of aromatic nitrogens is 1. The molecule has 9 nitrogen and oxygen atoms in total. The summed E-state index contributed by atoms with van der Waals surface area (Å²) in [6.07, 6.45) is -1.25. The molecule has 2 unspecified atom stereocenters. The predicted molar refractivity (Wildman–Crippen MR) is 129 cm³/mol. The highest BCUT2D eigenvalue weighted by Crippen LogP contribution is 2.28. The van der Waals surface area contributed by atoms with Gasteiger partial charge in [0, 0.05) is 25.6 Å². The number of hydrogen-bond donors (Lipinski definition) is 1. The first-order valence-corrected chi connectivity index (χ1v) is 11.2. The number of carbonyl (C=O) groups excluding carboxylic acids is 3. The van der Waals surface area contributed by atoms with E-state index in [4.69, 9.17) is 14.2 Å². The molecule has 0 aliphatic heterocycles. The molecule has 0 fully saturated rings. The number of likely N-dealkylation sites (N-methyl/N-ethyl adjacent to an activating group) is 1. The van der Waals surface area contributed by atoms with E-state index in [-0.39, 0.29) is 11.2 Å². The van der Waals surface area contributed by atoms with E-state index in [2.05, 4.69) is 10.3 Å². The summed E-state index contributed by atoms with van der Waals surface area (Å²) in [5, 5.41) is 3.68. The number of benzene rings is 1. The first kappa shape index (κ1) is 27.8. The van der Waals surface area contributed by atoms with E-state index in [0.29, 0.717) is 17.2 Å². The van der Waals surface area contributed by atoms with Crippen LogP contribution in [0.4, 0.5) is 19.8 Å². The normalized spacial score (nSPS) is 13.5. The number of hydrogen-bond acceptors (Lipinski definition) is 7. The Morgan fingerprint density at radius 1 is 1.06 bits per heavy atom. The quantitative estimate of drug-likeness (QED) is 0.421. The lowest BCUT2D eigenvalue weighted by Crippen LogP contribution is -2.51. The highest BCUT2D eigenvalue weighted by molar-refractivity contribution is 5.89. The van der Waals surface area contributed by atoms with Gasteiger partial charge in [-0.3, -0.25) is 10.1 Å². The zero-order chi connectivity index (χ0) is 26.6. The summed E-state index contributed by atoms with van der Waals surface area (Å²) in [5.41, 5.74) is -1.09. The van der Waals surface area contributed by atoms with E-state index in [9.17, 15) is 18.8 Å². The molecule has 10 heteroatoms. The third-order valence-corrected chi connectivity index (χ3v) is 4.73. The fourth-order valence-electron chi connectivity index (χ4n) is 3.28. The van der Waals surface area contributed by atoms with Gasteiger partial charge in [-0.25, -0.2) is 19.0 Å². The highest BCUT2D eigenvalue weighted by Gasteiger charge is 2.38. The number of esters is 1. The number of carbonyl (C=O) groups is 3. The minimum Gasteiger partial charge on any atom is -0.444 e. The number of amides is 2. The van der Waals surface area contributed by atoms with Crippen LogP contribution in [-0.2, 0) is 19.0 Å². The number of halogens is 1. The predicted octanol–water partition coefficient (Wildman–Crippen LogP) is 5.48. The Morgan fingerprint density at radius 3 is 2.29 bits per heavy atom. The lowest BCUT2D eigenvalue weighted by molar-refractivity contribution is -0.176. The molecule has 0 bridgehead atoms. The molecular formula is C25H34FN3O6. The zero-order valence-corrected chi connectivity index (χ0v) is 21.5. The molecule has 1 heterocycles. The molecule has 192 valence electrons. The summed E-state index contributed by atoms with van der Waals surface area (Å²) in [5.74, 6) is -1.01. The van der Waals surface area contributed by atoms with Gasteiger partial charge in [-0.15, -0.1) is 0 Å². The zero-order valence-electron chi connectivity index (χ0n) is 21.5. The summed E-state index contributed by atoms with van der Waals surface area (Å²) in [6.45, 7) is 12.2. The molecule has 0 spiro atoms. The van der Waals surface area contributed by atoms with Crippen molar-refractivity contribution < 1.29 is 33.0 Å². The molecule has 0 radical (unpaired) electrons. The maximum atomic E-state index is 13.6. The van der Waals surface area contributed by atoms with Crippen LogP contribution in [0.3, 0.4) is 0 Å². The van der Waals surface area contributed by atoms with Gasteiger partial charge in [-0.2, -0.15) is 0 Å². The van der Waals surface area contributed by atoms with Crippen LogP contribution in [0.15, 0.2) is 30.5 Å². The van der Waals surface area contributed by atoms with Crippen LogP contribution in [0, 0.1) is 11.2 Å². The smallest absolute Gasteiger partial charge is 0.415 e. The first-order valence-electron chi connectivity index (χ1n) is 11.2. The summed E-state index contributed by atoms with van der Waals surface area (Å²) in [7, 11) is 1.49. The van der Waals surface area contributed by atoms with Gasteiger partial charge in [0.1, 0.15) is 23.3 Å². The average molecular weight is 492 g/mol. The maximum absolute atomic E-state index is 13.6. The van der Waals surface area contributed by atoms with Gasteiger partial charge in [0.25, 0.3) is 6.29 Å². The van der Waals surface area contributed by atoms with Gasteiger partial charge in [0.15, 0.2) is 0 Å². The molecule has 1 N–H and O–H groups in total. The molecule has 1 aromatic carbocycles. The molecule has 0 saturated carbocycles. The molecule has 2 amide bonds. The van der Waals surface area contributed by atoms with Gasteiger partial charge < -0.3 is 19.1 Å². The molecule has 0 saturated heterocycles. The number of pyridine rings is 1. The van der Waals surface area contributed by atoms with Crippen molar-refractivity contribution in [1.29, 1.82) is 0 Å². The van der Waals surface area contributed by atoms with E-state index < -0.39 is 41.9 Å². The van der Waals surface area contributed by atoms with E-state index >= 15 is 0 Å². The number of nitrogens with zero attached hydrogens (tertiary/aromatic N) is 2. The fraction of sp³-hybridized carbons (Fsp3) is 0.520. The molecule has 1 aromatic heterocycles. The molecule has 2 rings (SSSR count). The number of fused-ring (bicyclic) bond motifs is 1. The Morgan fingerprint density at radius 2 is 1.71 bits per heavy atom. The molecule has 35 heavy (non-hydrogen) atoms. The first-order chi connectivity index (χ1) is 16.0. The van der Waals surface area contributed by atoms with E-state index in [1.807, 2.05) is 20.8 Å². The van der Waals surface area contributed by atoms with Crippen LogP contribution in [0.25, 0.3) is 10.8 Å². The van der Waals surface area contributed by atoms with Crippen molar-refractivity contribution >= 4 is 34.7 Å². The van der Waals surface area contributed by atoms with Crippen LogP contribution < -0.4 is 5.32 Å². The number of ether oxygens (including phenoxy) is 3. The van der Waals surface area contributed by atoms with E-state index in [0.717, 1.165) is 0 Å². The van der Waals surface area contributed by atoms with E-state index in [1.54, 1.807) is 26.8 Å². The Bertz CT molecular complexity index is 1080. The van der Waals surface area contributed by atoms with Gasteiger partial charge in [0.2, 0.25) is 0 Å². The molecular weight excluding hydrogens is 457 g/mol. The van der Waals surface area contributed by atoms with Gasteiger partial charge in [-0.1, -0.05) is 20.8 Å². The van der Waals surface area contributed by atoms with Crippen molar-refractivity contribution in [2.75, 3.05) is 12.4 Å². The SMILES string of the molecule is CC(=O)OC(OC(=O)Nc1cc2cc(F)ccc2cn1)C(CC(C)(C)C)N(C)C(=O)OC(C)(C)C. The van der Waals surface area contributed by atoms with Crippen molar-refractivity contribution in [2.24, 2.45) is 5.41 Å². The molecule has 2 aromatic rings. The fourth-order valence-corrected chi connectivity index (χ4v) is 3.28. The highest BCUT2D eigenvalue weighted by atomic mass is 19.1. The maximum Gasteiger partial charge on any atom is 0.415 e. The molecule has 0 aliphatic rings. The Labute approximate surface area is 204 Å². The van der Waals surface area contributed by atoms with Crippen LogP contribution in [0.1, 0.15) is 54.9 Å². The van der Waals surface area contributed by atoms with Crippen molar-refractivity contribution in [3.05, 3.63) is 36.3 Å². The minimum atomic E-state index is -1.43. The summed E-state index contributed by atoms with van der Waals surface area (Å²) >= 11 is 0. The second-order valence-electron chi connectivity index (χ2n) is 10.5. The molecule has 2 atom stereocenters. The third kappa shape index (κ3) is 9.03. The van der Waals surface area contributed by atoms with Crippen molar-refractivity contribution in [1.82, 2.24) is 9.88 Å². The average Bonchev–Trinajstić information content (AvgIpc) is 2.68. The standard InChI is InChI=1S/C25H34FN3O6/c1-15(30)33-21(19(13-24(2,3)4)29(8)23(32)35-25(5,6)7)34-22(31)28-20-12-17-11-18(26)10-9-16(17)14-27-20/h9-12,14,19,21H,13H2,1-8H3,(H,27,28,31). The lowest BCUT2D eigenvalue weighted by atomic mass is 9.87. The van der Waals surface area contributed by atoms with Crippen LogP contribution in [-0.4, -0.2) is 53.0 Å². The van der Waals surface area contributed by atoms with Crippen molar-refractivity contribution in [2.45, 2.75) is 72.8 Å². The van der Waals surface area contributed by atoms with Crippen LogP contribution in [0.2, 0.25) is 0 Å². The second-order valence-corrected chi connectivity index (χ2v) is 10.5. The second kappa shape index (κ2) is 10.9. The molecule has 0 aliphatic carbocycles. The van der Waals surface area contributed by atoms with Crippen molar-refractivity contribution in [3.8, 4) is 0 Å². The Hall–Kier alpha value is -3.43. The van der Waals surface area contributed by atoms with Gasteiger partial charge in [0.05, 0.1) is 0 Å². The van der Waals surface area contributed by atoms with Crippen LogP contribution in [0.5, 0.6) is 0 Å².